The van der Waals surface area contributed by atoms with Gasteiger partial charge in [0.1, 0.15) is 18.2 Å². The molecule has 0 fully saturated rings. The molecule has 1 amide bonds. The van der Waals surface area contributed by atoms with Crippen LogP contribution < -0.4 is 10.1 Å². The van der Waals surface area contributed by atoms with Gasteiger partial charge in [-0.15, -0.1) is 0 Å². The molecule has 116 valence electrons. The molecule has 2 rings (SSSR count). The molecular weight excluding hydrogens is 285 g/mol. The summed E-state index contributed by atoms with van der Waals surface area (Å²) in [4.78, 5) is 11.9. The summed E-state index contributed by atoms with van der Waals surface area (Å²) in [6.45, 7) is 0.725. The molecule has 0 atom stereocenters. The normalized spacial score (nSPS) is 10.3. The van der Waals surface area contributed by atoms with Gasteiger partial charge in [-0.25, -0.2) is 4.39 Å². The second-order valence-electron chi connectivity index (χ2n) is 4.78. The maximum atomic E-state index is 13.1. The highest BCUT2D eigenvalue weighted by Crippen LogP contribution is 2.14. The Hall–Kier alpha value is -2.40. The lowest BCUT2D eigenvalue weighted by Crippen LogP contribution is -2.25. The molecule has 0 aliphatic carbocycles. The Labute approximate surface area is 128 Å². The van der Waals surface area contributed by atoms with Crippen LogP contribution in [0.5, 0.6) is 5.75 Å². The van der Waals surface area contributed by atoms with E-state index in [2.05, 4.69) is 5.32 Å². The van der Waals surface area contributed by atoms with Gasteiger partial charge in [0.2, 0.25) is 0 Å². The van der Waals surface area contributed by atoms with Crippen LogP contribution in [0.3, 0.4) is 0 Å². The minimum absolute atomic E-state index is 0.0434. The summed E-state index contributed by atoms with van der Waals surface area (Å²) in [6.07, 6.45) is 0.522. The van der Waals surface area contributed by atoms with Crippen LogP contribution in [0.25, 0.3) is 0 Å². The molecule has 0 aliphatic rings. The van der Waals surface area contributed by atoms with Gasteiger partial charge < -0.3 is 15.2 Å². The van der Waals surface area contributed by atoms with Crippen LogP contribution in [0.4, 0.5) is 4.39 Å². The fourth-order valence-electron chi connectivity index (χ4n) is 1.91. The summed E-state index contributed by atoms with van der Waals surface area (Å²) in [5.74, 6) is -0.103. The summed E-state index contributed by atoms with van der Waals surface area (Å²) in [5.41, 5.74) is 1.34. The van der Waals surface area contributed by atoms with E-state index in [1.54, 1.807) is 30.3 Å². The largest absolute Gasteiger partial charge is 0.489 e. The first-order valence-electron chi connectivity index (χ1n) is 7.05. The number of halogens is 1. The van der Waals surface area contributed by atoms with Gasteiger partial charge in [0.05, 0.1) is 0 Å². The van der Waals surface area contributed by atoms with E-state index in [0.29, 0.717) is 24.3 Å². The predicted molar refractivity (Wildman–Crippen MR) is 81.2 cm³/mol. The lowest BCUT2D eigenvalue weighted by Gasteiger charge is -2.08. The minimum Gasteiger partial charge on any atom is -0.489 e. The summed E-state index contributed by atoms with van der Waals surface area (Å²) in [7, 11) is 0. The third-order valence-corrected chi connectivity index (χ3v) is 3.01. The fourth-order valence-corrected chi connectivity index (χ4v) is 1.91. The average Bonchev–Trinajstić information content (AvgIpc) is 2.53. The number of aliphatic hydroxyl groups excluding tert-OH is 1. The number of benzene rings is 2. The highest BCUT2D eigenvalue weighted by atomic mass is 19.1. The number of aliphatic hydroxyl groups is 1. The molecule has 0 spiro atoms. The number of rotatable bonds is 7. The summed E-state index contributed by atoms with van der Waals surface area (Å²) < 4.78 is 18.6. The number of hydrogen-bond donors (Lipinski definition) is 2. The molecule has 22 heavy (non-hydrogen) atoms. The van der Waals surface area contributed by atoms with Gasteiger partial charge in [-0.1, -0.05) is 18.2 Å². The lowest BCUT2D eigenvalue weighted by atomic mass is 10.1. The molecule has 2 aromatic rings. The molecule has 2 aromatic carbocycles. The van der Waals surface area contributed by atoms with Crippen molar-refractivity contribution in [2.75, 3.05) is 13.2 Å². The SMILES string of the molecule is O=C(NCCCO)c1cccc(COc2cccc(F)c2)c1. The maximum Gasteiger partial charge on any atom is 0.251 e. The third kappa shape index (κ3) is 4.86. The molecule has 2 N–H and O–H groups in total. The van der Waals surface area contributed by atoms with Crippen LogP contribution in [0, 0.1) is 5.82 Å². The van der Waals surface area contributed by atoms with Gasteiger partial charge in [0, 0.05) is 24.8 Å². The van der Waals surface area contributed by atoms with Crippen molar-refractivity contribution in [2.24, 2.45) is 0 Å². The lowest BCUT2D eigenvalue weighted by molar-refractivity contribution is 0.0951. The van der Waals surface area contributed by atoms with Crippen molar-refractivity contribution in [2.45, 2.75) is 13.0 Å². The van der Waals surface area contributed by atoms with Gasteiger partial charge in [-0.2, -0.15) is 0 Å². The maximum absolute atomic E-state index is 13.1. The van der Waals surface area contributed by atoms with E-state index >= 15 is 0 Å². The van der Waals surface area contributed by atoms with Gasteiger partial charge >= 0.3 is 0 Å². The van der Waals surface area contributed by atoms with Crippen LogP contribution in [0.15, 0.2) is 48.5 Å². The van der Waals surface area contributed by atoms with Gasteiger partial charge in [0.15, 0.2) is 0 Å². The van der Waals surface area contributed by atoms with E-state index in [4.69, 9.17) is 9.84 Å². The fraction of sp³-hybridized carbons (Fsp3) is 0.235. The van der Waals surface area contributed by atoms with Crippen LogP contribution in [0.1, 0.15) is 22.3 Å². The number of nitrogens with one attached hydrogen (secondary N) is 1. The predicted octanol–water partition coefficient (Wildman–Crippen LogP) is 2.52. The van der Waals surface area contributed by atoms with E-state index in [1.165, 1.54) is 12.1 Å². The van der Waals surface area contributed by atoms with Crippen LogP contribution in [0.2, 0.25) is 0 Å². The van der Waals surface area contributed by atoms with Crippen molar-refractivity contribution < 1.29 is 19.0 Å². The second kappa shape index (κ2) is 8.14. The molecule has 0 bridgehead atoms. The quantitative estimate of drug-likeness (QED) is 0.773. The van der Waals surface area contributed by atoms with Gasteiger partial charge in [-0.3, -0.25) is 4.79 Å². The molecule has 0 saturated carbocycles. The van der Waals surface area contributed by atoms with E-state index in [-0.39, 0.29) is 24.9 Å². The van der Waals surface area contributed by atoms with Crippen molar-refractivity contribution >= 4 is 5.91 Å². The van der Waals surface area contributed by atoms with E-state index in [9.17, 15) is 9.18 Å². The standard InChI is InChI=1S/C17H18FNO3/c18-15-6-2-7-16(11-15)22-12-13-4-1-5-14(10-13)17(21)19-8-3-9-20/h1-2,4-7,10-11,20H,3,8-9,12H2,(H,19,21). The monoisotopic (exact) mass is 303 g/mol. The number of amides is 1. The smallest absolute Gasteiger partial charge is 0.251 e. The second-order valence-corrected chi connectivity index (χ2v) is 4.78. The zero-order valence-corrected chi connectivity index (χ0v) is 12.1. The van der Waals surface area contributed by atoms with Crippen molar-refractivity contribution in [1.82, 2.24) is 5.32 Å². The van der Waals surface area contributed by atoms with Crippen molar-refractivity contribution in [3.63, 3.8) is 0 Å². The van der Waals surface area contributed by atoms with Crippen molar-refractivity contribution in [3.05, 3.63) is 65.5 Å². The molecule has 0 saturated heterocycles. The van der Waals surface area contributed by atoms with Crippen molar-refractivity contribution in [1.29, 1.82) is 0 Å². The Balaban J connectivity index is 1.95. The zero-order chi connectivity index (χ0) is 15.8. The van der Waals surface area contributed by atoms with E-state index in [1.807, 2.05) is 6.07 Å². The van der Waals surface area contributed by atoms with Gasteiger partial charge in [0.25, 0.3) is 5.91 Å². The zero-order valence-electron chi connectivity index (χ0n) is 12.1. The van der Waals surface area contributed by atoms with Crippen molar-refractivity contribution in [3.8, 4) is 5.75 Å². The Kier molecular flexibility index (Phi) is 5.91. The third-order valence-electron chi connectivity index (χ3n) is 3.01. The number of carbonyl (C=O) groups excluding carboxylic acids is 1. The molecule has 0 heterocycles. The molecule has 0 aromatic heterocycles. The molecule has 4 nitrogen and oxygen atoms in total. The molecule has 0 aliphatic heterocycles. The average molecular weight is 303 g/mol. The topological polar surface area (TPSA) is 58.6 Å². The molecule has 5 heteroatoms. The van der Waals surface area contributed by atoms with Crippen LogP contribution in [-0.4, -0.2) is 24.2 Å². The first-order valence-corrected chi connectivity index (χ1v) is 7.05. The Morgan fingerprint density at radius 2 is 2.00 bits per heavy atom. The number of carbonyl (C=O) groups is 1. The Bertz CT molecular complexity index is 631. The summed E-state index contributed by atoms with van der Waals surface area (Å²) in [5, 5.41) is 11.4. The van der Waals surface area contributed by atoms with E-state index < -0.39 is 0 Å². The first-order chi connectivity index (χ1) is 10.7. The summed E-state index contributed by atoms with van der Waals surface area (Å²) in [6, 6.07) is 13.0. The van der Waals surface area contributed by atoms with Gasteiger partial charge in [-0.05, 0) is 36.2 Å². The number of hydrogen-bond acceptors (Lipinski definition) is 3. The molecular formula is C17H18FNO3. The minimum atomic E-state index is -0.352. The molecule has 0 unspecified atom stereocenters. The highest BCUT2D eigenvalue weighted by Gasteiger charge is 2.06. The van der Waals surface area contributed by atoms with E-state index in [0.717, 1.165) is 5.56 Å². The Morgan fingerprint density at radius 1 is 1.18 bits per heavy atom. The van der Waals surface area contributed by atoms with Crippen LogP contribution >= 0.6 is 0 Å². The number of ether oxygens (including phenoxy) is 1. The first kappa shape index (κ1) is 16.0. The molecule has 0 radical (unpaired) electrons. The van der Waals surface area contributed by atoms with Crippen LogP contribution in [-0.2, 0) is 6.61 Å². The highest BCUT2D eigenvalue weighted by molar-refractivity contribution is 5.94. The Morgan fingerprint density at radius 3 is 2.77 bits per heavy atom. The summed E-state index contributed by atoms with van der Waals surface area (Å²) >= 11 is 0.